The molecule has 0 amide bonds. The molecule has 1 fully saturated rings. The van der Waals surface area contributed by atoms with Gasteiger partial charge in [-0.3, -0.25) is 9.69 Å². The Balaban J connectivity index is 1.36. The Morgan fingerprint density at radius 2 is 2.11 bits per heavy atom. The van der Waals surface area contributed by atoms with Crippen LogP contribution < -0.4 is 10.3 Å². The van der Waals surface area contributed by atoms with Crippen LogP contribution >= 0.6 is 0 Å². The first kappa shape index (κ1) is 17.5. The average Bonchev–Trinajstić information content (AvgIpc) is 3.19. The third-order valence-corrected chi connectivity index (χ3v) is 4.97. The summed E-state index contributed by atoms with van der Waals surface area (Å²) < 4.78 is 10.7. The van der Waals surface area contributed by atoms with E-state index in [1.165, 1.54) is 11.6 Å². The third kappa shape index (κ3) is 4.09. The predicted octanol–water partition coefficient (Wildman–Crippen LogP) is 2.81. The minimum absolute atomic E-state index is 0.151. The molecule has 2 aromatic heterocycles. The summed E-state index contributed by atoms with van der Waals surface area (Å²) in [5.41, 5.74) is 1.83. The summed E-state index contributed by atoms with van der Waals surface area (Å²) in [4.78, 5) is 20.8. The molecule has 27 heavy (non-hydrogen) atoms. The van der Waals surface area contributed by atoms with Crippen LogP contribution in [0.15, 0.2) is 51.9 Å². The van der Waals surface area contributed by atoms with Crippen LogP contribution in [0.25, 0.3) is 11.5 Å². The number of piperidine rings is 1. The van der Waals surface area contributed by atoms with Crippen LogP contribution in [0.5, 0.6) is 5.75 Å². The van der Waals surface area contributed by atoms with Crippen LogP contribution in [-0.2, 0) is 6.54 Å². The zero-order chi connectivity index (χ0) is 18.6. The van der Waals surface area contributed by atoms with E-state index in [0.29, 0.717) is 11.8 Å². The number of rotatable bonds is 5. The molecule has 7 heteroatoms. The molecular weight excluding hydrogens is 344 g/mol. The van der Waals surface area contributed by atoms with Gasteiger partial charge in [0, 0.05) is 24.7 Å². The fraction of sp³-hybridized carbons (Fsp3) is 0.350. The zero-order valence-electron chi connectivity index (χ0n) is 15.2. The average molecular weight is 366 g/mol. The second-order valence-electron chi connectivity index (χ2n) is 6.80. The minimum atomic E-state index is -0.151. The highest BCUT2D eigenvalue weighted by Crippen LogP contribution is 2.28. The molecule has 140 valence electrons. The third-order valence-electron chi connectivity index (χ3n) is 4.97. The van der Waals surface area contributed by atoms with Gasteiger partial charge in [-0.2, -0.15) is 4.98 Å². The number of nitrogens with zero attached hydrogens (tertiary/aromatic N) is 3. The lowest BCUT2D eigenvalue weighted by molar-refractivity contribution is 0.200. The lowest BCUT2D eigenvalue weighted by Gasteiger charge is -2.30. The summed E-state index contributed by atoms with van der Waals surface area (Å²) in [5.74, 6) is 2.38. The van der Waals surface area contributed by atoms with E-state index < -0.39 is 0 Å². The van der Waals surface area contributed by atoms with Gasteiger partial charge in [0.25, 0.3) is 5.89 Å². The molecule has 1 aliphatic heterocycles. The van der Waals surface area contributed by atoms with Crippen molar-refractivity contribution < 1.29 is 9.26 Å². The summed E-state index contributed by atoms with van der Waals surface area (Å²) in [6.07, 6.45) is 3.58. The number of methoxy groups -OCH3 is 1. The maximum atomic E-state index is 11.2. The van der Waals surface area contributed by atoms with E-state index in [2.05, 4.69) is 32.2 Å². The Labute approximate surface area is 157 Å². The molecule has 0 bridgehead atoms. The number of hydrogen-bond acceptors (Lipinski definition) is 6. The molecular formula is C20H22N4O3. The number of hydrogen-bond donors (Lipinski definition) is 1. The number of likely N-dealkylation sites (tertiary alicyclic amines) is 1. The zero-order valence-corrected chi connectivity index (χ0v) is 15.2. The van der Waals surface area contributed by atoms with Crippen molar-refractivity contribution in [3.63, 3.8) is 0 Å². The minimum Gasteiger partial charge on any atom is -0.497 e. The van der Waals surface area contributed by atoms with Crippen LogP contribution in [0.2, 0.25) is 0 Å². The smallest absolute Gasteiger partial charge is 0.259 e. The van der Waals surface area contributed by atoms with Crippen LogP contribution in [0.1, 0.15) is 30.1 Å². The Hall–Kier alpha value is -2.93. The van der Waals surface area contributed by atoms with Gasteiger partial charge in [-0.1, -0.05) is 17.3 Å². The van der Waals surface area contributed by atoms with E-state index in [1.807, 2.05) is 12.1 Å². The SMILES string of the molecule is COc1cccc(CN2CCC(c3noc(-c4ccc(=O)[nH]c4)n3)CC2)c1. The Bertz CT molecular complexity index is 937. The number of aromatic amines is 1. The van der Waals surface area contributed by atoms with E-state index in [9.17, 15) is 4.79 Å². The maximum absolute atomic E-state index is 11.2. The molecule has 3 aromatic rings. The number of pyridine rings is 1. The van der Waals surface area contributed by atoms with E-state index in [4.69, 9.17) is 9.26 Å². The van der Waals surface area contributed by atoms with Crippen molar-refractivity contribution in [3.8, 4) is 17.2 Å². The van der Waals surface area contributed by atoms with E-state index in [-0.39, 0.29) is 5.56 Å². The molecule has 4 rings (SSSR count). The van der Waals surface area contributed by atoms with Gasteiger partial charge < -0.3 is 14.2 Å². The fourth-order valence-electron chi connectivity index (χ4n) is 3.44. The number of ether oxygens (including phenoxy) is 1. The molecule has 7 nitrogen and oxygen atoms in total. The van der Waals surface area contributed by atoms with Crippen LogP contribution in [0.3, 0.4) is 0 Å². The molecule has 0 atom stereocenters. The Morgan fingerprint density at radius 3 is 2.85 bits per heavy atom. The lowest BCUT2D eigenvalue weighted by Crippen LogP contribution is -2.32. The highest BCUT2D eigenvalue weighted by molar-refractivity contribution is 5.50. The number of benzene rings is 1. The van der Waals surface area contributed by atoms with Gasteiger partial charge in [-0.05, 0) is 49.7 Å². The predicted molar refractivity (Wildman–Crippen MR) is 101 cm³/mol. The number of aromatic nitrogens is 3. The first-order chi connectivity index (χ1) is 13.2. The molecule has 0 aliphatic carbocycles. The second kappa shape index (κ2) is 7.75. The van der Waals surface area contributed by atoms with Crippen molar-refractivity contribution in [1.82, 2.24) is 20.0 Å². The van der Waals surface area contributed by atoms with Gasteiger partial charge >= 0.3 is 0 Å². The second-order valence-corrected chi connectivity index (χ2v) is 6.80. The van der Waals surface area contributed by atoms with Crippen molar-refractivity contribution in [2.24, 2.45) is 0 Å². The van der Waals surface area contributed by atoms with Crippen molar-refractivity contribution >= 4 is 0 Å². The molecule has 3 heterocycles. The highest BCUT2D eigenvalue weighted by atomic mass is 16.5. The summed E-state index contributed by atoms with van der Waals surface area (Å²) in [7, 11) is 1.69. The fourth-order valence-corrected chi connectivity index (χ4v) is 3.44. The summed E-state index contributed by atoms with van der Waals surface area (Å²) in [5, 5.41) is 4.16. The molecule has 1 N–H and O–H groups in total. The molecule has 0 radical (unpaired) electrons. The quantitative estimate of drug-likeness (QED) is 0.747. The largest absolute Gasteiger partial charge is 0.497 e. The van der Waals surface area contributed by atoms with Gasteiger partial charge in [-0.25, -0.2) is 0 Å². The Kier molecular flexibility index (Phi) is 5.02. The van der Waals surface area contributed by atoms with Gasteiger partial charge in [0.2, 0.25) is 5.56 Å². The monoisotopic (exact) mass is 366 g/mol. The molecule has 1 aromatic carbocycles. The van der Waals surface area contributed by atoms with Gasteiger partial charge in [0.15, 0.2) is 5.82 Å². The Morgan fingerprint density at radius 1 is 1.26 bits per heavy atom. The maximum Gasteiger partial charge on any atom is 0.259 e. The summed E-state index contributed by atoms with van der Waals surface area (Å²) >= 11 is 0. The van der Waals surface area contributed by atoms with Crippen LogP contribution in [-0.4, -0.2) is 40.2 Å². The van der Waals surface area contributed by atoms with Crippen molar-refractivity contribution in [1.29, 1.82) is 0 Å². The number of nitrogens with one attached hydrogen (secondary N) is 1. The van der Waals surface area contributed by atoms with Gasteiger partial charge in [-0.15, -0.1) is 0 Å². The number of H-pyrrole nitrogens is 1. The van der Waals surface area contributed by atoms with Gasteiger partial charge in [0.1, 0.15) is 5.75 Å². The van der Waals surface area contributed by atoms with Gasteiger partial charge in [0.05, 0.1) is 12.7 Å². The molecule has 0 unspecified atom stereocenters. The highest BCUT2D eigenvalue weighted by Gasteiger charge is 2.25. The lowest BCUT2D eigenvalue weighted by atomic mass is 9.96. The van der Waals surface area contributed by atoms with E-state index in [0.717, 1.165) is 49.6 Å². The molecule has 0 spiro atoms. The van der Waals surface area contributed by atoms with E-state index >= 15 is 0 Å². The molecule has 1 saturated heterocycles. The summed E-state index contributed by atoms with van der Waals surface area (Å²) in [6, 6.07) is 11.3. The standard InChI is InChI=1S/C20H22N4O3/c1-26-17-4-2-3-14(11-17)13-24-9-7-15(8-10-24)19-22-20(27-23-19)16-5-6-18(25)21-12-16/h2-6,11-12,15H,7-10,13H2,1H3,(H,21,25). The van der Waals surface area contributed by atoms with Crippen LogP contribution in [0.4, 0.5) is 0 Å². The normalized spacial score (nSPS) is 15.7. The van der Waals surface area contributed by atoms with Crippen molar-refractivity contribution in [2.75, 3.05) is 20.2 Å². The first-order valence-corrected chi connectivity index (χ1v) is 9.09. The molecule has 0 saturated carbocycles. The van der Waals surface area contributed by atoms with Crippen molar-refractivity contribution in [2.45, 2.75) is 25.3 Å². The van der Waals surface area contributed by atoms with Crippen molar-refractivity contribution in [3.05, 3.63) is 64.3 Å². The first-order valence-electron chi connectivity index (χ1n) is 9.09. The summed E-state index contributed by atoms with van der Waals surface area (Å²) in [6.45, 7) is 2.90. The topological polar surface area (TPSA) is 84.2 Å². The van der Waals surface area contributed by atoms with E-state index in [1.54, 1.807) is 19.4 Å². The molecule has 1 aliphatic rings. The van der Waals surface area contributed by atoms with Crippen LogP contribution in [0, 0.1) is 0 Å².